The van der Waals surface area contributed by atoms with E-state index in [1.54, 1.807) is 6.07 Å². The van der Waals surface area contributed by atoms with E-state index in [1.165, 1.54) is 0 Å². The summed E-state index contributed by atoms with van der Waals surface area (Å²) >= 11 is 0. The van der Waals surface area contributed by atoms with E-state index in [0.717, 1.165) is 22.6 Å². The number of carbonyl (C=O) groups is 2. The molecule has 3 aromatic carbocycles. The summed E-state index contributed by atoms with van der Waals surface area (Å²) in [5.41, 5.74) is 4.75. The predicted molar refractivity (Wildman–Crippen MR) is 133 cm³/mol. The van der Waals surface area contributed by atoms with Crippen molar-refractivity contribution in [2.24, 2.45) is 0 Å². The smallest absolute Gasteiger partial charge is 0.363 e. The van der Waals surface area contributed by atoms with E-state index in [1.807, 2.05) is 78.7 Å². The van der Waals surface area contributed by atoms with Crippen LogP contribution in [0.5, 0.6) is 0 Å². The standard InChI is InChI=1S/C27H25F3N4O2/c1-33-21-10-6-5-9-20(21)23-16-19(32-26(36)27(28,29)30)13-14-34(23)22-12-11-17(15-24(22)33)25(35)31-18-7-3-2-4-8-18/h2-12,15,19,23H,13-14,16H2,1H3,(H,31,35)(H,32,36)/t19-,23+/m0/s1. The first-order valence-electron chi connectivity index (χ1n) is 11.7. The molecule has 2 N–H and O–H groups in total. The van der Waals surface area contributed by atoms with Crippen LogP contribution in [0, 0.1) is 0 Å². The molecule has 0 spiro atoms. The number of nitrogens with zero attached hydrogens (tertiary/aromatic N) is 2. The van der Waals surface area contributed by atoms with Gasteiger partial charge in [-0.2, -0.15) is 13.2 Å². The second-order valence-electron chi connectivity index (χ2n) is 9.04. The van der Waals surface area contributed by atoms with Crippen LogP contribution in [0.25, 0.3) is 0 Å². The number of halogens is 3. The van der Waals surface area contributed by atoms with Gasteiger partial charge in [0.25, 0.3) is 5.91 Å². The molecule has 0 unspecified atom stereocenters. The summed E-state index contributed by atoms with van der Waals surface area (Å²) < 4.78 is 38.6. The van der Waals surface area contributed by atoms with Crippen LogP contribution in [0.2, 0.25) is 0 Å². The molecule has 5 rings (SSSR count). The molecule has 1 fully saturated rings. The molecular weight excluding hydrogens is 469 g/mol. The van der Waals surface area contributed by atoms with Gasteiger partial charge in [0.1, 0.15) is 0 Å². The Kier molecular flexibility index (Phi) is 6.07. The average molecular weight is 495 g/mol. The lowest BCUT2D eigenvalue weighted by atomic mass is 9.90. The van der Waals surface area contributed by atoms with Gasteiger partial charge in [0.15, 0.2) is 0 Å². The van der Waals surface area contributed by atoms with Crippen molar-refractivity contribution >= 4 is 34.6 Å². The van der Waals surface area contributed by atoms with E-state index >= 15 is 0 Å². The molecular formula is C27H25F3N4O2. The highest BCUT2D eigenvalue weighted by molar-refractivity contribution is 6.05. The predicted octanol–water partition coefficient (Wildman–Crippen LogP) is 5.41. The maximum absolute atomic E-state index is 13.0. The fraction of sp³-hybridized carbons (Fsp3) is 0.259. The molecule has 0 bridgehead atoms. The Morgan fingerprint density at radius 2 is 1.64 bits per heavy atom. The van der Waals surface area contributed by atoms with Gasteiger partial charge in [-0.3, -0.25) is 9.59 Å². The second-order valence-corrected chi connectivity index (χ2v) is 9.04. The Hall–Kier alpha value is -4.01. The van der Waals surface area contributed by atoms with Crippen molar-refractivity contribution in [1.29, 1.82) is 0 Å². The van der Waals surface area contributed by atoms with Gasteiger partial charge in [0.2, 0.25) is 0 Å². The number of hydrogen-bond donors (Lipinski definition) is 2. The zero-order valence-electron chi connectivity index (χ0n) is 19.5. The van der Waals surface area contributed by atoms with Gasteiger partial charge < -0.3 is 20.4 Å². The molecule has 2 aliphatic heterocycles. The number of carbonyl (C=O) groups excluding carboxylic acids is 2. The molecule has 1 saturated heterocycles. The largest absolute Gasteiger partial charge is 0.471 e. The lowest BCUT2D eigenvalue weighted by molar-refractivity contribution is -0.174. The monoisotopic (exact) mass is 494 g/mol. The Labute approximate surface area is 206 Å². The Morgan fingerprint density at radius 1 is 0.917 bits per heavy atom. The zero-order chi connectivity index (χ0) is 25.4. The maximum atomic E-state index is 13.0. The number of anilines is 4. The van der Waals surface area contributed by atoms with Crippen molar-refractivity contribution < 1.29 is 22.8 Å². The summed E-state index contributed by atoms with van der Waals surface area (Å²) in [6, 6.07) is 21.6. The molecule has 2 atom stereocenters. The van der Waals surface area contributed by atoms with Gasteiger partial charge >= 0.3 is 12.1 Å². The van der Waals surface area contributed by atoms with Crippen LogP contribution in [0.15, 0.2) is 72.8 Å². The van der Waals surface area contributed by atoms with Gasteiger partial charge in [0, 0.05) is 36.6 Å². The van der Waals surface area contributed by atoms with Gasteiger partial charge in [0.05, 0.1) is 17.4 Å². The summed E-state index contributed by atoms with van der Waals surface area (Å²) in [6.07, 6.45) is -4.20. The number of alkyl halides is 3. The van der Waals surface area contributed by atoms with Crippen molar-refractivity contribution in [1.82, 2.24) is 5.32 Å². The van der Waals surface area contributed by atoms with E-state index in [9.17, 15) is 22.8 Å². The van der Waals surface area contributed by atoms with Crippen molar-refractivity contribution in [3.05, 3.63) is 83.9 Å². The fourth-order valence-corrected chi connectivity index (χ4v) is 5.05. The van der Waals surface area contributed by atoms with Gasteiger partial charge in [-0.1, -0.05) is 36.4 Å². The Morgan fingerprint density at radius 3 is 2.39 bits per heavy atom. The topological polar surface area (TPSA) is 64.7 Å². The molecule has 2 aliphatic rings. The minimum absolute atomic E-state index is 0.235. The molecule has 0 aromatic heterocycles. The first kappa shape index (κ1) is 23.7. The lowest BCUT2D eigenvalue weighted by Crippen LogP contribution is -2.49. The quantitative estimate of drug-likeness (QED) is 0.511. The van der Waals surface area contributed by atoms with Gasteiger partial charge in [-0.05, 0) is 54.8 Å². The van der Waals surface area contributed by atoms with E-state index < -0.39 is 18.1 Å². The van der Waals surface area contributed by atoms with E-state index in [4.69, 9.17) is 0 Å². The van der Waals surface area contributed by atoms with E-state index in [2.05, 4.69) is 15.5 Å². The number of amides is 2. The molecule has 36 heavy (non-hydrogen) atoms. The first-order chi connectivity index (χ1) is 17.2. The van der Waals surface area contributed by atoms with Crippen LogP contribution in [0.3, 0.4) is 0 Å². The van der Waals surface area contributed by atoms with Crippen molar-refractivity contribution in [2.75, 3.05) is 28.7 Å². The molecule has 0 radical (unpaired) electrons. The molecule has 9 heteroatoms. The van der Waals surface area contributed by atoms with Gasteiger partial charge in [-0.15, -0.1) is 0 Å². The van der Waals surface area contributed by atoms with Crippen LogP contribution >= 0.6 is 0 Å². The fourth-order valence-electron chi connectivity index (χ4n) is 5.05. The molecule has 3 aromatic rings. The second kappa shape index (κ2) is 9.22. The van der Waals surface area contributed by atoms with Crippen LogP contribution in [0.1, 0.15) is 34.8 Å². The van der Waals surface area contributed by atoms with E-state index in [-0.39, 0.29) is 11.9 Å². The third-order valence-corrected chi connectivity index (χ3v) is 6.79. The van der Waals surface area contributed by atoms with Gasteiger partial charge in [-0.25, -0.2) is 0 Å². The number of para-hydroxylation sites is 2. The summed E-state index contributed by atoms with van der Waals surface area (Å²) in [6.45, 7) is 0.457. The van der Waals surface area contributed by atoms with Crippen molar-refractivity contribution in [2.45, 2.75) is 31.1 Å². The Bertz CT molecular complexity index is 1300. The van der Waals surface area contributed by atoms with Crippen molar-refractivity contribution in [3.8, 4) is 0 Å². The molecule has 6 nitrogen and oxygen atoms in total. The lowest BCUT2D eigenvalue weighted by Gasteiger charge is -2.41. The molecule has 2 heterocycles. The number of rotatable bonds is 3. The minimum atomic E-state index is -4.91. The number of nitrogens with one attached hydrogen (secondary N) is 2. The van der Waals surface area contributed by atoms with Crippen LogP contribution < -0.4 is 20.4 Å². The third kappa shape index (κ3) is 4.48. The van der Waals surface area contributed by atoms with Crippen LogP contribution in [-0.4, -0.2) is 37.6 Å². The summed E-state index contributed by atoms with van der Waals surface area (Å²) in [5.74, 6) is -2.14. The van der Waals surface area contributed by atoms with E-state index in [0.29, 0.717) is 30.6 Å². The normalized spacial score (nSPS) is 18.9. The highest BCUT2D eigenvalue weighted by Gasteiger charge is 2.42. The average Bonchev–Trinajstić information content (AvgIpc) is 2.97. The number of benzene rings is 3. The number of fused-ring (bicyclic) bond motifs is 5. The third-order valence-electron chi connectivity index (χ3n) is 6.79. The summed E-state index contributed by atoms with van der Waals surface area (Å²) in [7, 11) is 1.91. The maximum Gasteiger partial charge on any atom is 0.471 e. The summed E-state index contributed by atoms with van der Waals surface area (Å²) in [5, 5.41) is 5.07. The highest BCUT2D eigenvalue weighted by atomic mass is 19.4. The molecule has 0 saturated carbocycles. The van der Waals surface area contributed by atoms with Crippen LogP contribution in [-0.2, 0) is 4.79 Å². The van der Waals surface area contributed by atoms with Crippen LogP contribution in [0.4, 0.5) is 35.9 Å². The molecule has 186 valence electrons. The molecule has 2 amide bonds. The first-order valence-corrected chi connectivity index (χ1v) is 11.7. The SMILES string of the molecule is CN1c2ccccc2[C@H]2C[C@@H](NC(=O)C(F)(F)F)CCN2c2ccc(C(=O)Nc3ccccc3)cc21. The zero-order valence-corrected chi connectivity index (χ0v) is 19.5. The molecule has 0 aliphatic carbocycles. The minimum Gasteiger partial charge on any atom is -0.363 e. The van der Waals surface area contributed by atoms with Crippen molar-refractivity contribution in [3.63, 3.8) is 0 Å². The number of hydrogen-bond acceptors (Lipinski definition) is 4. The number of piperidine rings is 1. The summed E-state index contributed by atoms with van der Waals surface area (Å²) in [4.78, 5) is 28.7. The highest BCUT2D eigenvalue weighted by Crippen LogP contribution is 2.48. The Balaban J connectivity index is 1.49.